The average Bonchev–Trinajstić information content (AvgIpc) is 2.76. The Morgan fingerprint density at radius 2 is 2.05 bits per heavy atom. The highest BCUT2D eigenvalue weighted by Crippen LogP contribution is 2.21. The van der Waals surface area contributed by atoms with Crippen LogP contribution in [0.1, 0.15) is 21.7 Å². The lowest BCUT2D eigenvalue weighted by molar-refractivity contribution is 0.0696. The summed E-state index contributed by atoms with van der Waals surface area (Å²) in [6.45, 7) is 0. The Bertz CT molecular complexity index is 839. The molecule has 0 aliphatic carbocycles. The van der Waals surface area contributed by atoms with Gasteiger partial charge in [-0.1, -0.05) is 23.7 Å². The minimum atomic E-state index is -0.958. The molecule has 0 atom stereocenters. The van der Waals surface area contributed by atoms with Crippen LogP contribution in [-0.2, 0) is 13.5 Å². The number of hydrogen-bond acceptors (Lipinski definition) is 2. The fraction of sp³-hybridized carbons (Fsp3) is 0.125. The number of nitrogens with zero attached hydrogens (tertiary/aromatic N) is 2. The number of carbonyl (C=O) groups is 1. The zero-order chi connectivity index (χ0) is 15.0. The van der Waals surface area contributed by atoms with Crippen LogP contribution in [0, 0.1) is 0 Å². The van der Waals surface area contributed by atoms with E-state index in [1.165, 1.54) is 6.07 Å². The van der Waals surface area contributed by atoms with Gasteiger partial charge in [0, 0.05) is 18.5 Å². The fourth-order valence-electron chi connectivity index (χ4n) is 2.44. The molecule has 5 heteroatoms. The molecular formula is C16H13ClN2O2. The van der Waals surface area contributed by atoms with Crippen molar-refractivity contribution >= 4 is 28.6 Å². The summed E-state index contributed by atoms with van der Waals surface area (Å²) in [6, 6.07) is 12.6. The Kier molecular flexibility index (Phi) is 3.39. The van der Waals surface area contributed by atoms with Crippen molar-refractivity contribution in [3.05, 3.63) is 64.4 Å². The quantitative estimate of drug-likeness (QED) is 0.805. The Balaban J connectivity index is 2.08. The number of benzene rings is 2. The van der Waals surface area contributed by atoms with Crippen molar-refractivity contribution in [3.8, 4) is 0 Å². The normalized spacial score (nSPS) is 11.0. The second kappa shape index (κ2) is 5.22. The van der Waals surface area contributed by atoms with Crippen molar-refractivity contribution in [2.45, 2.75) is 6.42 Å². The first-order valence-electron chi connectivity index (χ1n) is 6.48. The van der Waals surface area contributed by atoms with E-state index in [0.29, 0.717) is 17.0 Å². The summed E-state index contributed by atoms with van der Waals surface area (Å²) in [4.78, 5) is 15.9. The van der Waals surface area contributed by atoms with Crippen LogP contribution in [0.25, 0.3) is 11.0 Å². The summed E-state index contributed by atoms with van der Waals surface area (Å²) < 4.78 is 1.97. The number of aromatic nitrogens is 2. The van der Waals surface area contributed by atoms with Crippen LogP contribution in [-0.4, -0.2) is 20.6 Å². The summed E-state index contributed by atoms with van der Waals surface area (Å²) in [5.74, 6) is -0.151. The number of hydrogen-bond donors (Lipinski definition) is 1. The summed E-state index contributed by atoms with van der Waals surface area (Å²) >= 11 is 5.99. The third-order valence-corrected chi connectivity index (χ3v) is 3.76. The molecule has 1 heterocycles. The van der Waals surface area contributed by atoms with Gasteiger partial charge in [0.1, 0.15) is 5.82 Å². The molecule has 21 heavy (non-hydrogen) atoms. The number of carboxylic acid groups (broad SMARTS) is 1. The number of halogens is 1. The predicted molar refractivity (Wildman–Crippen MR) is 81.9 cm³/mol. The van der Waals surface area contributed by atoms with Crippen LogP contribution in [0.2, 0.25) is 5.02 Å². The first kappa shape index (κ1) is 13.6. The second-order valence-corrected chi connectivity index (χ2v) is 5.30. The molecule has 0 amide bonds. The van der Waals surface area contributed by atoms with Gasteiger partial charge in [0.25, 0.3) is 0 Å². The largest absolute Gasteiger partial charge is 0.478 e. The maximum atomic E-state index is 11.3. The highest BCUT2D eigenvalue weighted by atomic mass is 35.5. The van der Waals surface area contributed by atoms with Gasteiger partial charge in [0.2, 0.25) is 0 Å². The number of para-hydroxylation sites is 2. The van der Waals surface area contributed by atoms with Crippen LogP contribution in [0.4, 0.5) is 0 Å². The number of aryl methyl sites for hydroxylation is 1. The maximum Gasteiger partial charge on any atom is 0.335 e. The van der Waals surface area contributed by atoms with Crippen LogP contribution < -0.4 is 0 Å². The number of rotatable bonds is 3. The Morgan fingerprint density at radius 3 is 2.76 bits per heavy atom. The Morgan fingerprint density at radius 1 is 1.29 bits per heavy atom. The fourth-order valence-corrected chi connectivity index (χ4v) is 2.64. The van der Waals surface area contributed by atoms with Crippen LogP contribution in [0.5, 0.6) is 0 Å². The van der Waals surface area contributed by atoms with Gasteiger partial charge >= 0.3 is 5.97 Å². The highest BCUT2D eigenvalue weighted by molar-refractivity contribution is 6.30. The monoisotopic (exact) mass is 300 g/mol. The van der Waals surface area contributed by atoms with E-state index in [2.05, 4.69) is 4.98 Å². The molecule has 0 radical (unpaired) electrons. The SMILES string of the molecule is Cn1c(Cc2cc(Cl)ccc2C(=O)O)nc2ccccc21. The van der Waals surface area contributed by atoms with Gasteiger partial charge in [0.05, 0.1) is 16.6 Å². The van der Waals surface area contributed by atoms with Crippen molar-refractivity contribution in [3.63, 3.8) is 0 Å². The number of carboxylic acids is 1. The molecule has 4 nitrogen and oxygen atoms in total. The third kappa shape index (κ3) is 2.50. The molecule has 0 aliphatic rings. The van der Waals surface area contributed by atoms with Crippen molar-refractivity contribution in [2.75, 3.05) is 0 Å². The maximum absolute atomic E-state index is 11.3. The number of fused-ring (bicyclic) bond motifs is 1. The summed E-state index contributed by atoms with van der Waals surface area (Å²) in [5.41, 5.74) is 2.83. The summed E-state index contributed by atoms with van der Waals surface area (Å²) in [5, 5.41) is 9.80. The van der Waals surface area contributed by atoms with E-state index in [1.807, 2.05) is 35.9 Å². The molecule has 0 unspecified atom stereocenters. The minimum absolute atomic E-state index is 0.256. The Hall–Kier alpha value is -2.33. The molecule has 0 fully saturated rings. The van der Waals surface area contributed by atoms with Crippen LogP contribution >= 0.6 is 11.6 Å². The summed E-state index contributed by atoms with van der Waals surface area (Å²) in [6.07, 6.45) is 0.424. The molecule has 2 aromatic carbocycles. The molecule has 3 rings (SSSR count). The number of imidazole rings is 1. The molecule has 0 saturated heterocycles. The minimum Gasteiger partial charge on any atom is -0.478 e. The smallest absolute Gasteiger partial charge is 0.335 e. The van der Waals surface area contributed by atoms with Crippen LogP contribution in [0.15, 0.2) is 42.5 Å². The Labute approximate surface area is 126 Å². The standard InChI is InChI=1S/C16H13ClN2O2/c1-19-14-5-3-2-4-13(14)18-15(19)9-10-8-11(17)6-7-12(10)16(20)21/h2-8H,9H2,1H3,(H,20,21). The van der Waals surface area contributed by atoms with Crippen molar-refractivity contribution in [1.29, 1.82) is 0 Å². The van der Waals surface area contributed by atoms with Gasteiger partial charge < -0.3 is 9.67 Å². The molecule has 106 valence electrons. The average molecular weight is 301 g/mol. The van der Waals surface area contributed by atoms with E-state index in [-0.39, 0.29) is 5.56 Å². The summed E-state index contributed by atoms with van der Waals surface area (Å²) in [7, 11) is 1.93. The van der Waals surface area contributed by atoms with Gasteiger partial charge in [-0.15, -0.1) is 0 Å². The first-order valence-corrected chi connectivity index (χ1v) is 6.86. The molecule has 0 bridgehead atoms. The van der Waals surface area contributed by atoms with E-state index < -0.39 is 5.97 Å². The van der Waals surface area contributed by atoms with E-state index in [9.17, 15) is 9.90 Å². The van der Waals surface area contributed by atoms with Gasteiger partial charge in [-0.2, -0.15) is 0 Å². The van der Waals surface area contributed by atoms with E-state index >= 15 is 0 Å². The first-order chi connectivity index (χ1) is 10.1. The van der Waals surface area contributed by atoms with Gasteiger partial charge in [-0.3, -0.25) is 0 Å². The molecular weight excluding hydrogens is 288 g/mol. The zero-order valence-electron chi connectivity index (χ0n) is 11.4. The second-order valence-electron chi connectivity index (χ2n) is 4.86. The highest BCUT2D eigenvalue weighted by Gasteiger charge is 2.14. The van der Waals surface area contributed by atoms with E-state index in [1.54, 1.807) is 12.1 Å². The molecule has 1 N–H and O–H groups in total. The van der Waals surface area contributed by atoms with Gasteiger partial charge in [-0.05, 0) is 35.9 Å². The molecule has 0 saturated carbocycles. The van der Waals surface area contributed by atoms with Gasteiger partial charge in [0.15, 0.2) is 0 Å². The topological polar surface area (TPSA) is 55.1 Å². The molecule has 1 aromatic heterocycles. The zero-order valence-corrected chi connectivity index (χ0v) is 12.1. The lowest BCUT2D eigenvalue weighted by Gasteiger charge is -2.07. The lowest BCUT2D eigenvalue weighted by atomic mass is 10.0. The van der Waals surface area contributed by atoms with Crippen molar-refractivity contribution < 1.29 is 9.90 Å². The lowest BCUT2D eigenvalue weighted by Crippen LogP contribution is -2.06. The third-order valence-electron chi connectivity index (χ3n) is 3.53. The van der Waals surface area contributed by atoms with Crippen LogP contribution in [0.3, 0.4) is 0 Å². The number of aromatic carboxylic acids is 1. The van der Waals surface area contributed by atoms with Gasteiger partial charge in [-0.25, -0.2) is 9.78 Å². The molecule has 0 aliphatic heterocycles. The molecule has 3 aromatic rings. The van der Waals surface area contributed by atoms with Crippen molar-refractivity contribution in [1.82, 2.24) is 9.55 Å². The van der Waals surface area contributed by atoms with Crippen molar-refractivity contribution in [2.24, 2.45) is 7.05 Å². The van der Waals surface area contributed by atoms with E-state index in [4.69, 9.17) is 11.6 Å². The predicted octanol–water partition coefficient (Wildman–Crippen LogP) is 3.52. The van der Waals surface area contributed by atoms with E-state index in [0.717, 1.165) is 16.9 Å². The molecule has 0 spiro atoms.